The van der Waals surface area contributed by atoms with Crippen LogP contribution in [-0.2, 0) is 0 Å². The van der Waals surface area contributed by atoms with Crippen molar-refractivity contribution >= 4 is 11.6 Å². The molecule has 25 heavy (non-hydrogen) atoms. The molecule has 1 atom stereocenters. The summed E-state index contributed by atoms with van der Waals surface area (Å²) in [5.41, 5.74) is 1.37. The second-order valence-corrected chi connectivity index (χ2v) is 5.95. The lowest BCUT2D eigenvalue weighted by atomic mass is 10.0. The lowest BCUT2D eigenvalue weighted by Crippen LogP contribution is -2.34. The summed E-state index contributed by atoms with van der Waals surface area (Å²) in [4.78, 5) is 24.8. The first-order valence-corrected chi connectivity index (χ1v) is 7.75. The van der Waals surface area contributed by atoms with Crippen LogP contribution in [0, 0.1) is 22.9 Å². The lowest BCUT2D eigenvalue weighted by Gasteiger charge is -2.25. The average molecular weight is 345 g/mol. The van der Waals surface area contributed by atoms with Crippen molar-refractivity contribution in [3.05, 3.63) is 75.1 Å². The Labute approximate surface area is 145 Å². The van der Waals surface area contributed by atoms with Gasteiger partial charge in [0.25, 0.3) is 11.6 Å². The number of benzene rings is 2. The maximum absolute atomic E-state index is 13.1. The Morgan fingerprint density at radius 3 is 2.44 bits per heavy atom. The van der Waals surface area contributed by atoms with Crippen molar-refractivity contribution in [2.24, 2.45) is 0 Å². The van der Waals surface area contributed by atoms with Gasteiger partial charge >= 0.3 is 0 Å². The maximum Gasteiger partial charge on any atom is 0.273 e. The third-order valence-corrected chi connectivity index (χ3v) is 4.08. The third-order valence-electron chi connectivity index (χ3n) is 4.08. The molecular weight excluding hydrogens is 325 g/mol. The molecule has 0 radical (unpaired) electrons. The SMILES string of the molecule is Cc1c(C(=O)NCC(c2ccc(F)cc2)N(C)C)cccc1[N+](=O)[O-]. The van der Waals surface area contributed by atoms with E-state index in [-0.39, 0.29) is 29.0 Å². The van der Waals surface area contributed by atoms with E-state index in [9.17, 15) is 19.3 Å². The lowest BCUT2D eigenvalue weighted by molar-refractivity contribution is -0.385. The molecule has 0 fully saturated rings. The number of likely N-dealkylation sites (N-methyl/N-ethyl adjacent to an activating group) is 1. The molecule has 7 heteroatoms. The van der Waals surface area contributed by atoms with Gasteiger partial charge in [-0.3, -0.25) is 14.9 Å². The summed E-state index contributed by atoms with van der Waals surface area (Å²) in [6.07, 6.45) is 0. The van der Waals surface area contributed by atoms with Gasteiger partial charge in [0.15, 0.2) is 0 Å². The van der Waals surface area contributed by atoms with E-state index in [1.807, 2.05) is 19.0 Å². The minimum atomic E-state index is -0.507. The van der Waals surface area contributed by atoms with Crippen LogP contribution >= 0.6 is 0 Å². The van der Waals surface area contributed by atoms with E-state index in [2.05, 4.69) is 5.32 Å². The van der Waals surface area contributed by atoms with Gasteiger partial charge in [0.1, 0.15) is 5.82 Å². The van der Waals surface area contributed by atoms with Crippen molar-refractivity contribution in [3.8, 4) is 0 Å². The molecule has 6 nitrogen and oxygen atoms in total. The van der Waals surface area contributed by atoms with E-state index in [0.29, 0.717) is 12.1 Å². The quantitative estimate of drug-likeness (QED) is 0.645. The van der Waals surface area contributed by atoms with Crippen molar-refractivity contribution in [3.63, 3.8) is 0 Å². The first kappa shape index (κ1) is 18.5. The first-order chi connectivity index (χ1) is 11.8. The van der Waals surface area contributed by atoms with Crippen LogP contribution in [0.15, 0.2) is 42.5 Å². The molecule has 0 aliphatic heterocycles. The Bertz CT molecular complexity index is 776. The van der Waals surface area contributed by atoms with Crippen LogP contribution in [-0.4, -0.2) is 36.4 Å². The first-order valence-electron chi connectivity index (χ1n) is 7.75. The highest BCUT2D eigenvalue weighted by molar-refractivity contribution is 5.96. The molecule has 0 aliphatic carbocycles. The fourth-order valence-corrected chi connectivity index (χ4v) is 2.64. The van der Waals surface area contributed by atoms with E-state index >= 15 is 0 Å². The number of carbonyl (C=O) groups is 1. The number of carbonyl (C=O) groups excluding carboxylic acids is 1. The maximum atomic E-state index is 13.1. The van der Waals surface area contributed by atoms with Crippen molar-refractivity contribution < 1.29 is 14.1 Å². The van der Waals surface area contributed by atoms with Gasteiger partial charge in [-0.05, 0) is 44.8 Å². The number of nitro groups is 1. The monoisotopic (exact) mass is 345 g/mol. The molecule has 0 heterocycles. The minimum Gasteiger partial charge on any atom is -0.350 e. The van der Waals surface area contributed by atoms with Crippen LogP contribution in [0.1, 0.15) is 27.5 Å². The van der Waals surface area contributed by atoms with Crippen LogP contribution in [0.5, 0.6) is 0 Å². The van der Waals surface area contributed by atoms with E-state index in [0.717, 1.165) is 5.56 Å². The summed E-state index contributed by atoms with van der Waals surface area (Å²) in [5.74, 6) is -0.701. The fourth-order valence-electron chi connectivity index (χ4n) is 2.64. The highest BCUT2D eigenvalue weighted by atomic mass is 19.1. The molecule has 0 saturated carbocycles. The summed E-state index contributed by atoms with van der Waals surface area (Å²) < 4.78 is 13.1. The normalized spacial score (nSPS) is 12.0. The van der Waals surface area contributed by atoms with Gasteiger partial charge < -0.3 is 10.2 Å². The molecule has 0 spiro atoms. The van der Waals surface area contributed by atoms with Gasteiger partial charge in [-0.25, -0.2) is 4.39 Å². The highest BCUT2D eigenvalue weighted by Crippen LogP contribution is 2.22. The van der Waals surface area contributed by atoms with Crippen LogP contribution in [0.3, 0.4) is 0 Å². The second kappa shape index (κ2) is 7.85. The van der Waals surface area contributed by atoms with E-state index in [4.69, 9.17) is 0 Å². The fraction of sp³-hybridized carbons (Fsp3) is 0.278. The molecular formula is C18H20FN3O3. The Morgan fingerprint density at radius 2 is 1.88 bits per heavy atom. The number of hydrogen-bond donors (Lipinski definition) is 1. The van der Waals surface area contributed by atoms with Crippen LogP contribution < -0.4 is 5.32 Å². The van der Waals surface area contributed by atoms with Gasteiger partial charge in [0, 0.05) is 23.7 Å². The molecule has 2 aromatic carbocycles. The van der Waals surface area contributed by atoms with E-state index < -0.39 is 4.92 Å². The molecule has 132 valence electrons. The number of nitrogens with one attached hydrogen (secondary N) is 1. The predicted octanol–water partition coefficient (Wildman–Crippen LogP) is 3.08. The van der Waals surface area contributed by atoms with Crippen LogP contribution in [0.25, 0.3) is 0 Å². The number of rotatable bonds is 6. The Kier molecular flexibility index (Phi) is 5.82. The Morgan fingerprint density at radius 1 is 1.24 bits per heavy atom. The summed E-state index contributed by atoms with van der Waals surface area (Å²) in [7, 11) is 3.72. The van der Waals surface area contributed by atoms with Crippen molar-refractivity contribution in [2.45, 2.75) is 13.0 Å². The summed E-state index contributed by atoms with van der Waals surface area (Å²) in [5, 5.41) is 13.8. The molecule has 0 bridgehead atoms. The third kappa shape index (κ3) is 4.39. The number of nitrogens with zero attached hydrogens (tertiary/aromatic N) is 2. The van der Waals surface area contributed by atoms with Crippen LogP contribution in [0.4, 0.5) is 10.1 Å². The summed E-state index contributed by atoms with van der Waals surface area (Å²) in [6, 6.07) is 10.4. The van der Waals surface area contributed by atoms with Crippen LogP contribution in [0.2, 0.25) is 0 Å². The largest absolute Gasteiger partial charge is 0.350 e. The molecule has 1 unspecified atom stereocenters. The van der Waals surface area contributed by atoms with Crippen molar-refractivity contribution in [1.82, 2.24) is 10.2 Å². The Balaban J connectivity index is 2.16. The highest BCUT2D eigenvalue weighted by Gasteiger charge is 2.20. The van der Waals surface area contributed by atoms with Gasteiger partial charge in [-0.15, -0.1) is 0 Å². The molecule has 1 amide bonds. The zero-order valence-electron chi connectivity index (χ0n) is 14.3. The van der Waals surface area contributed by atoms with Gasteiger partial charge in [-0.2, -0.15) is 0 Å². The standard InChI is InChI=1S/C18H20FN3O3/c1-12-15(5-4-6-16(12)22(24)25)18(23)20-11-17(21(2)3)13-7-9-14(19)10-8-13/h4-10,17H,11H2,1-3H3,(H,20,23). The summed E-state index contributed by atoms with van der Waals surface area (Å²) >= 11 is 0. The zero-order chi connectivity index (χ0) is 18.6. The topological polar surface area (TPSA) is 75.5 Å². The zero-order valence-corrected chi connectivity index (χ0v) is 14.3. The molecule has 0 aromatic heterocycles. The molecule has 1 N–H and O–H groups in total. The molecule has 2 aromatic rings. The number of halogens is 1. The number of nitro benzene ring substituents is 1. The van der Waals surface area contributed by atoms with Gasteiger partial charge in [0.2, 0.25) is 0 Å². The number of amides is 1. The van der Waals surface area contributed by atoms with Crippen molar-refractivity contribution in [1.29, 1.82) is 0 Å². The van der Waals surface area contributed by atoms with E-state index in [1.165, 1.54) is 24.3 Å². The second-order valence-electron chi connectivity index (χ2n) is 5.95. The Hall–Kier alpha value is -2.80. The minimum absolute atomic E-state index is 0.0876. The predicted molar refractivity (Wildman–Crippen MR) is 93.0 cm³/mol. The summed E-state index contributed by atoms with van der Waals surface area (Å²) in [6.45, 7) is 1.84. The van der Waals surface area contributed by atoms with Crippen molar-refractivity contribution in [2.75, 3.05) is 20.6 Å². The number of hydrogen-bond acceptors (Lipinski definition) is 4. The van der Waals surface area contributed by atoms with Gasteiger partial charge in [0.05, 0.1) is 11.0 Å². The average Bonchev–Trinajstić information content (AvgIpc) is 2.56. The van der Waals surface area contributed by atoms with Gasteiger partial charge in [-0.1, -0.05) is 18.2 Å². The van der Waals surface area contributed by atoms with E-state index in [1.54, 1.807) is 25.1 Å². The molecule has 2 rings (SSSR count). The molecule has 0 saturated heterocycles. The molecule has 0 aliphatic rings. The smallest absolute Gasteiger partial charge is 0.273 e.